The number of hydrogen-bond donors (Lipinski definition) is 4. The van der Waals surface area contributed by atoms with E-state index in [1.54, 1.807) is 0 Å². The van der Waals surface area contributed by atoms with Crippen molar-refractivity contribution < 1.29 is 9.90 Å². The maximum Gasteiger partial charge on any atom is 0.251 e. The van der Waals surface area contributed by atoms with Crippen LogP contribution in [0.15, 0.2) is 35.1 Å². The zero-order chi connectivity index (χ0) is 14.8. The van der Waals surface area contributed by atoms with Gasteiger partial charge in [0.1, 0.15) is 0 Å². The fourth-order valence-corrected chi connectivity index (χ4v) is 2.40. The summed E-state index contributed by atoms with van der Waals surface area (Å²) >= 11 is 0. The van der Waals surface area contributed by atoms with E-state index in [2.05, 4.69) is 27.8 Å². The van der Waals surface area contributed by atoms with Gasteiger partial charge in [0.2, 0.25) is 0 Å². The number of rotatable bonds is 3. The van der Waals surface area contributed by atoms with Crippen LogP contribution in [0.2, 0.25) is 0 Å². The number of carbonyl (C=O) groups is 1. The molecule has 6 heteroatoms. The summed E-state index contributed by atoms with van der Waals surface area (Å²) in [5.74, 6) is -0.716. The number of pyridine rings is 1. The molecule has 3 rings (SSSR count). The second-order valence-corrected chi connectivity index (χ2v) is 5.01. The first-order chi connectivity index (χ1) is 10.1. The molecule has 108 valence electrons. The average Bonchev–Trinajstić information content (AvgIpc) is 2.91. The van der Waals surface area contributed by atoms with Crippen molar-refractivity contribution >= 4 is 5.91 Å². The molecule has 0 unspecified atom stereocenters. The minimum absolute atomic E-state index is 0.138. The Kier molecular flexibility index (Phi) is 3.45. The number of fused-ring (bicyclic) bond motifs is 1. The van der Waals surface area contributed by atoms with Gasteiger partial charge in [0.15, 0.2) is 5.88 Å². The minimum atomic E-state index is -0.510. The third kappa shape index (κ3) is 2.95. The Bertz CT molecular complexity index is 752. The molecule has 1 aromatic heterocycles. The molecule has 0 fully saturated rings. The lowest BCUT2D eigenvalue weighted by molar-refractivity contribution is 0.0950. The minimum Gasteiger partial charge on any atom is -0.494 e. The largest absolute Gasteiger partial charge is 0.494 e. The summed E-state index contributed by atoms with van der Waals surface area (Å²) in [6, 6.07) is 8.47. The smallest absolute Gasteiger partial charge is 0.251 e. The van der Waals surface area contributed by atoms with Crippen LogP contribution in [0, 0.1) is 0 Å². The van der Waals surface area contributed by atoms with Gasteiger partial charge in [-0.3, -0.25) is 14.6 Å². The van der Waals surface area contributed by atoms with Crippen LogP contribution in [-0.4, -0.2) is 16.0 Å². The van der Waals surface area contributed by atoms with Gasteiger partial charge in [-0.15, -0.1) is 0 Å². The van der Waals surface area contributed by atoms with E-state index < -0.39 is 11.5 Å². The molecule has 0 bridgehead atoms. The van der Waals surface area contributed by atoms with Crippen LogP contribution < -0.4 is 16.2 Å². The van der Waals surface area contributed by atoms with Crippen LogP contribution in [0.4, 0.5) is 0 Å². The fraction of sp³-hybridized carbons (Fsp3) is 0.200. The second-order valence-electron chi connectivity index (χ2n) is 5.01. The van der Waals surface area contributed by atoms with Gasteiger partial charge in [0, 0.05) is 31.8 Å². The SMILES string of the molecule is O=C(NCc1ccc2c(c1)CNC2)c1cc(O)[nH]c(=O)c1. The molecule has 2 heterocycles. The number of H-pyrrole nitrogens is 1. The van der Waals surface area contributed by atoms with E-state index in [0.717, 1.165) is 24.7 Å². The number of aromatic nitrogens is 1. The number of aromatic amines is 1. The predicted octanol–water partition coefficient (Wildman–Crippen LogP) is 0.614. The van der Waals surface area contributed by atoms with E-state index in [0.29, 0.717) is 6.54 Å². The highest BCUT2D eigenvalue weighted by molar-refractivity contribution is 5.94. The fourth-order valence-electron chi connectivity index (χ4n) is 2.40. The molecule has 21 heavy (non-hydrogen) atoms. The molecule has 0 saturated carbocycles. The summed E-state index contributed by atoms with van der Waals surface area (Å²) in [7, 11) is 0. The first kappa shape index (κ1) is 13.4. The quantitative estimate of drug-likeness (QED) is 0.665. The Hall–Kier alpha value is -2.60. The van der Waals surface area contributed by atoms with E-state index >= 15 is 0 Å². The molecule has 2 aromatic rings. The molecule has 1 aromatic carbocycles. The highest BCUT2D eigenvalue weighted by Gasteiger charge is 2.11. The highest BCUT2D eigenvalue weighted by atomic mass is 16.3. The van der Waals surface area contributed by atoms with Gasteiger partial charge in [-0.2, -0.15) is 0 Å². The lowest BCUT2D eigenvalue weighted by Gasteiger charge is -2.07. The molecule has 1 amide bonds. The van der Waals surface area contributed by atoms with Crippen molar-refractivity contribution in [2.24, 2.45) is 0 Å². The number of hydrogen-bond acceptors (Lipinski definition) is 4. The number of amides is 1. The zero-order valence-electron chi connectivity index (χ0n) is 11.3. The first-order valence-corrected chi connectivity index (χ1v) is 6.65. The number of aromatic hydroxyl groups is 1. The summed E-state index contributed by atoms with van der Waals surface area (Å²) in [4.78, 5) is 25.4. The maximum atomic E-state index is 12.0. The summed E-state index contributed by atoms with van der Waals surface area (Å²) in [5, 5.41) is 15.3. The maximum absolute atomic E-state index is 12.0. The third-order valence-corrected chi connectivity index (χ3v) is 3.45. The molecule has 0 saturated heterocycles. The van der Waals surface area contributed by atoms with Crippen LogP contribution in [-0.2, 0) is 19.6 Å². The van der Waals surface area contributed by atoms with E-state index in [-0.39, 0.29) is 11.4 Å². The molecular formula is C15H15N3O3. The number of benzene rings is 1. The lowest BCUT2D eigenvalue weighted by Crippen LogP contribution is -2.24. The van der Waals surface area contributed by atoms with Crippen LogP contribution in [0.1, 0.15) is 27.0 Å². The van der Waals surface area contributed by atoms with Crippen molar-refractivity contribution in [2.45, 2.75) is 19.6 Å². The Morgan fingerprint density at radius 3 is 2.81 bits per heavy atom. The van der Waals surface area contributed by atoms with Crippen LogP contribution in [0.3, 0.4) is 0 Å². The summed E-state index contributed by atoms with van der Waals surface area (Å²) in [6.07, 6.45) is 0. The summed E-state index contributed by atoms with van der Waals surface area (Å²) in [5.41, 5.74) is 3.16. The van der Waals surface area contributed by atoms with Crippen LogP contribution >= 0.6 is 0 Å². The molecular weight excluding hydrogens is 270 g/mol. The molecule has 0 aliphatic carbocycles. The highest BCUT2D eigenvalue weighted by Crippen LogP contribution is 2.17. The van der Waals surface area contributed by atoms with Crippen molar-refractivity contribution in [3.8, 4) is 5.88 Å². The Labute approximate surface area is 120 Å². The Morgan fingerprint density at radius 1 is 1.19 bits per heavy atom. The van der Waals surface area contributed by atoms with Gasteiger partial charge >= 0.3 is 0 Å². The van der Waals surface area contributed by atoms with Crippen molar-refractivity contribution in [1.82, 2.24) is 15.6 Å². The monoisotopic (exact) mass is 285 g/mol. The molecule has 1 aliphatic heterocycles. The normalized spacial score (nSPS) is 13.0. The Morgan fingerprint density at radius 2 is 2.00 bits per heavy atom. The average molecular weight is 285 g/mol. The van der Waals surface area contributed by atoms with Crippen LogP contribution in [0.5, 0.6) is 5.88 Å². The van der Waals surface area contributed by atoms with E-state index in [1.807, 2.05) is 6.07 Å². The zero-order valence-corrected chi connectivity index (χ0v) is 11.3. The van der Waals surface area contributed by atoms with Crippen molar-refractivity contribution in [3.63, 3.8) is 0 Å². The second kappa shape index (κ2) is 5.41. The Balaban J connectivity index is 1.69. The summed E-state index contributed by atoms with van der Waals surface area (Å²) in [6.45, 7) is 2.10. The molecule has 4 N–H and O–H groups in total. The third-order valence-electron chi connectivity index (χ3n) is 3.45. The van der Waals surface area contributed by atoms with Crippen molar-refractivity contribution in [1.29, 1.82) is 0 Å². The van der Waals surface area contributed by atoms with Gasteiger partial charge in [-0.25, -0.2) is 0 Å². The molecule has 0 atom stereocenters. The van der Waals surface area contributed by atoms with E-state index in [1.165, 1.54) is 17.2 Å². The van der Waals surface area contributed by atoms with Crippen molar-refractivity contribution in [3.05, 3.63) is 62.9 Å². The molecule has 0 spiro atoms. The van der Waals surface area contributed by atoms with E-state index in [4.69, 9.17) is 0 Å². The molecule has 1 aliphatic rings. The topological polar surface area (TPSA) is 94.2 Å². The molecule has 6 nitrogen and oxygen atoms in total. The van der Waals surface area contributed by atoms with E-state index in [9.17, 15) is 14.7 Å². The first-order valence-electron chi connectivity index (χ1n) is 6.65. The van der Waals surface area contributed by atoms with Gasteiger partial charge in [-0.1, -0.05) is 18.2 Å². The van der Waals surface area contributed by atoms with Gasteiger partial charge < -0.3 is 15.7 Å². The van der Waals surface area contributed by atoms with Gasteiger partial charge in [0.05, 0.1) is 5.56 Å². The van der Waals surface area contributed by atoms with Crippen molar-refractivity contribution in [2.75, 3.05) is 0 Å². The number of carbonyl (C=O) groups excluding carboxylic acids is 1. The summed E-state index contributed by atoms with van der Waals surface area (Å²) < 4.78 is 0. The van der Waals surface area contributed by atoms with Gasteiger partial charge in [-0.05, 0) is 16.7 Å². The number of nitrogens with one attached hydrogen (secondary N) is 3. The van der Waals surface area contributed by atoms with Crippen LogP contribution in [0.25, 0.3) is 0 Å². The standard InChI is InChI=1S/C15H15N3O3/c19-13-4-11(5-14(20)18-13)15(21)17-6-9-1-2-10-7-16-8-12(10)3-9/h1-5,16H,6-8H2,(H,17,21)(H2,18,19,20). The van der Waals surface area contributed by atoms with Gasteiger partial charge in [0.25, 0.3) is 11.5 Å². The lowest BCUT2D eigenvalue weighted by atomic mass is 10.1. The molecule has 0 radical (unpaired) electrons. The predicted molar refractivity (Wildman–Crippen MR) is 76.9 cm³/mol.